The SMILES string of the molecule is Cc1ccc(OCNC(=O)N(C=O)CCCN)cc1C. The van der Waals surface area contributed by atoms with Crippen LogP contribution in [0.15, 0.2) is 18.2 Å². The lowest BCUT2D eigenvalue weighted by molar-refractivity contribution is -0.115. The molecular formula is C14H21N3O3. The fraction of sp³-hybridized carbons (Fsp3) is 0.429. The first kappa shape index (κ1) is 16.0. The van der Waals surface area contributed by atoms with Crippen molar-refractivity contribution in [3.05, 3.63) is 29.3 Å². The summed E-state index contributed by atoms with van der Waals surface area (Å²) in [5.74, 6) is 0.674. The molecule has 0 heterocycles. The maximum atomic E-state index is 11.7. The number of rotatable bonds is 7. The fourth-order valence-electron chi connectivity index (χ4n) is 1.55. The molecule has 0 atom stereocenters. The lowest BCUT2D eigenvalue weighted by Crippen LogP contribution is -2.41. The fourth-order valence-corrected chi connectivity index (χ4v) is 1.55. The summed E-state index contributed by atoms with van der Waals surface area (Å²) in [5.41, 5.74) is 7.63. The number of nitrogens with one attached hydrogen (secondary N) is 1. The molecular weight excluding hydrogens is 258 g/mol. The number of benzene rings is 1. The van der Waals surface area contributed by atoms with Crippen molar-refractivity contribution in [3.8, 4) is 5.75 Å². The molecule has 0 unspecified atom stereocenters. The molecule has 3 amide bonds. The van der Waals surface area contributed by atoms with Gasteiger partial charge in [-0.1, -0.05) is 6.07 Å². The van der Waals surface area contributed by atoms with Crippen LogP contribution in [0.3, 0.4) is 0 Å². The summed E-state index contributed by atoms with van der Waals surface area (Å²) >= 11 is 0. The molecule has 110 valence electrons. The van der Waals surface area contributed by atoms with Crippen molar-refractivity contribution in [3.63, 3.8) is 0 Å². The number of carbonyl (C=O) groups is 2. The van der Waals surface area contributed by atoms with E-state index in [2.05, 4.69) is 5.32 Å². The van der Waals surface area contributed by atoms with Gasteiger partial charge in [0.25, 0.3) is 0 Å². The maximum absolute atomic E-state index is 11.7. The van der Waals surface area contributed by atoms with Gasteiger partial charge in [-0.15, -0.1) is 0 Å². The topological polar surface area (TPSA) is 84.7 Å². The van der Waals surface area contributed by atoms with Crippen LogP contribution in [0.4, 0.5) is 4.79 Å². The number of carbonyl (C=O) groups excluding carboxylic acids is 2. The lowest BCUT2D eigenvalue weighted by atomic mass is 10.1. The van der Waals surface area contributed by atoms with Crippen LogP contribution in [0.5, 0.6) is 5.75 Å². The summed E-state index contributed by atoms with van der Waals surface area (Å²) < 4.78 is 5.41. The molecule has 0 saturated carbocycles. The number of ether oxygens (including phenoxy) is 1. The Hall–Kier alpha value is -2.08. The minimum atomic E-state index is -0.489. The van der Waals surface area contributed by atoms with Gasteiger partial charge in [-0.2, -0.15) is 0 Å². The third-order valence-electron chi connectivity index (χ3n) is 2.93. The van der Waals surface area contributed by atoms with Gasteiger partial charge in [-0.25, -0.2) is 4.79 Å². The number of hydrogen-bond donors (Lipinski definition) is 2. The summed E-state index contributed by atoms with van der Waals surface area (Å²) in [6, 6.07) is 5.19. The third-order valence-corrected chi connectivity index (χ3v) is 2.93. The Labute approximate surface area is 118 Å². The molecule has 6 heteroatoms. The molecule has 0 aromatic heterocycles. The van der Waals surface area contributed by atoms with Crippen molar-refractivity contribution in [1.82, 2.24) is 10.2 Å². The number of hydrogen-bond acceptors (Lipinski definition) is 4. The second-order valence-corrected chi connectivity index (χ2v) is 4.46. The van der Waals surface area contributed by atoms with E-state index in [0.29, 0.717) is 31.7 Å². The van der Waals surface area contributed by atoms with Gasteiger partial charge in [-0.05, 0) is 50.1 Å². The summed E-state index contributed by atoms with van der Waals surface area (Å²) in [6.07, 6.45) is 1.06. The van der Waals surface area contributed by atoms with E-state index in [1.165, 1.54) is 5.56 Å². The molecule has 3 N–H and O–H groups in total. The van der Waals surface area contributed by atoms with E-state index in [1.54, 1.807) is 0 Å². The van der Waals surface area contributed by atoms with Gasteiger partial charge in [0.2, 0.25) is 6.41 Å². The molecule has 1 aromatic carbocycles. The highest BCUT2D eigenvalue weighted by Crippen LogP contribution is 2.15. The van der Waals surface area contributed by atoms with Crippen molar-refractivity contribution in [2.24, 2.45) is 5.73 Å². The van der Waals surface area contributed by atoms with Crippen LogP contribution in [-0.2, 0) is 4.79 Å². The number of amides is 3. The Morgan fingerprint density at radius 2 is 2.15 bits per heavy atom. The van der Waals surface area contributed by atoms with Crippen LogP contribution in [0.2, 0.25) is 0 Å². The second-order valence-electron chi connectivity index (χ2n) is 4.46. The average molecular weight is 279 g/mol. The molecule has 0 aliphatic heterocycles. The van der Waals surface area contributed by atoms with E-state index >= 15 is 0 Å². The van der Waals surface area contributed by atoms with Crippen molar-refractivity contribution < 1.29 is 14.3 Å². The minimum Gasteiger partial charge on any atom is -0.473 e. The van der Waals surface area contributed by atoms with Gasteiger partial charge in [0.15, 0.2) is 6.73 Å². The Bertz CT molecular complexity index is 463. The molecule has 1 rings (SSSR count). The van der Waals surface area contributed by atoms with Crippen LogP contribution in [0.1, 0.15) is 17.5 Å². The van der Waals surface area contributed by atoms with Gasteiger partial charge in [-0.3, -0.25) is 9.69 Å². The quantitative estimate of drug-likeness (QED) is 0.579. The van der Waals surface area contributed by atoms with Crippen molar-refractivity contribution >= 4 is 12.4 Å². The Kier molecular flexibility index (Phi) is 6.52. The van der Waals surface area contributed by atoms with E-state index in [4.69, 9.17) is 10.5 Å². The molecule has 0 fully saturated rings. The normalized spacial score (nSPS) is 9.95. The predicted molar refractivity (Wildman–Crippen MR) is 76.4 cm³/mol. The average Bonchev–Trinajstić information content (AvgIpc) is 2.43. The molecule has 6 nitrogen and oxygen atoms in total. The molecule has 20 heavy (non-hydrogen) atoms. The first-order valence-electron chi connectivity index (χ1n) is 6.48. The van der Waals surface area contributed by atoms with Gasteiger partial charge < -0.3 is 15.8 Å². The molecule has 0 aliphatic carbocycles. The van der Waals surface area contributed by atoms with Gasteiger partial charge in [0.05, 0.1) is 0 Å². The van der Waals surface area contributed by atoms with E-state index in [0.717, 1.165) is 10.5 Å². The predicted octanol–water partition coefficient (Wildman–Crippen LogP) is 1.16. The van der Waals surface area contributed by atoms with Crippen molar-refractivity contribution in [1.29, 1.82) is 0 Å². The number of nitrogens with two attached hydrogens (primary N) is 1. The highest BCUT2D eigenvalue weighted by atomic mass is 16.5. The van der Waals surface area contributed by atoms with Crippen LogP contribution in [0, 0.1) is 13.8 Å². The number of aryl methyl sites for hydroxylation is 2. The van der Waals surface area contributed by atoms with Crippen LogP contribution >= 0.6 is 0 Å². The lowest BCUT2D eigenvalue weighted by Gasteiger charge is -2.16. The number of nitrogens with zero attached hydrogens (tertiary/aromatic N) is 1. The van der Waals surface area contributed by atoms with E-state index in [-0.39, 0.29) is 6.73 Å². The molecule has 0 saturated heterocycles. The highest BCUT2D eigenvalue weighted by Gasteiger charge is 2.10. The first-order valence-corrected chi connectivity index (χ1v) is 6.48. The Balaban J connectivity index is 2.40. The van der Waals surface area contributed by atoms with E-state index in [1.807, 2.05) is 32.0 Å². The van der Waals surface area contributed by atoms with E-state index in [9.17, 15) is 9.59 Å². The Morgan fingerprint density at radius 3 is 2.75 bits per heavy atom. The molecule has 0 spiro atoms. The molecule has 1 aromatic rings. The van der Waals surface area contributed by atoms with Crippen molar-refractivity contribution in [2.75, 3.05) is 19.8 Å². The number of urea groups is 1. The maximum Gasteiger partial charge on any atom is 0.326 e. The zero-order chi connectivity index (χ0) is 15.0. The standard InChI is InChI=1S/C14H21N3O3/c1-11-4-5-13(8-12(11)2)20-9-16-14(19)17(10-18)7-3-6-15/h4-5,8,10H,3,6-7,9,15H2,1-2H3,(H,16,19). The highest BCUT2D eigenvalue weighted by molar-refractivity contribution is 5.84. The molecule has 0 bridgehead atoms. The Morgan fingerprint density at radius 1 is 1.40 bits per heavy atom. The second kappa shape index (κ2) is 8.16. The minimum absolute atomic E-state index is 0.00823. The van der Waals surface area contributed by atoms with Gasteiger partial charge in [0.1, 0.15) is 5.75 Å². The van der Waals surface area contributed by atoms with Crippen molar-refractivity contribution in [2.45, 2.75) is 20.3 Å². The van der Waals surface area contributed by atoms with Gasteiger partial charge >= 0.3 is 6.03 Å². The van der Waals surface area contributed by atoms with Crippen LogP contribution in [-0.4, -0.2) is 37.2 Å². The zero-order valence-electron chi connectivity index (χ0n) is 11.9. The first-order chi connectivity index (χ1) is 9.58. The summed E-state index contributed by atoms with van der Waals surface area (Å²) in [7, 11) is 0. The molecule has 0 aliphatic rings. The summed E-state index contributed by atoms with van der Waals surface area (Å²) in [4.78, 5) is 23.4. The van der Waals surface area contributed by atoms with Crippen LogP contribution < -0.4 is 15.8 Å². The van der Waals surface area contributed by atoms with Crippen LogP contribution in [0.25, 0.3) is 0 Å². The summed E-state index contributed by atoms with van der Waals surface area (Å²) in [6.45, 7) is 4.74. The summed E-state index contributed by atoms with van der Waals surface area (Å²) in [5, 5.41) is 2.52. The smallest absolute Gasteiger partial charge is 0.326 e. The molecule has 0 radical (unpaired) electrons. The van der Waals surface area contributed by atoms with Gasteiger partial charge in [0, 0.05) is 6.54 Å². The third kappa shape index (κ3) is 4.89. The number of imide groups is 1. The van der Waals surface area contributed by atoms with E-state index < -0.39 is 6.03 Å². The monoisotopic (exact) mass is 279 g/mol. The zero-order valence-corrected chi connectivity index (χ0v) is 11.9. The largest absolute Gasteiger partial charge is 0.473 e.